The number of alkyl halides is 2. The van der Waals surface area contributed by atoms with Crippen LogP contribution in [0.15, 0.2) is 48.7 Å². The fourth-order valence-corrected chi connectivity index (χ4v) is 6.39. The van der Waals surface area contributed by atoms with Gasteiger partial charge in [-0.15, -0.1) is 23.2 Å². The molecular weight excluding hydrogens is 395 g/mol. The van der Waals surface area contributed by atoms with Crippen molar-refractivity contribution in [1.82, 2.24) is 4.40 Å². The average Bonchev–Trinajstić information content (AvgIpc) is 3.38. The van der Waals surface area contributed by atoms with Crippen LogP contribution in [-0.4, -0.2) is 25.7 Å². The van der Waals surface area contributed by atoms with E-state index in [9.17, 15) is 14.9 Å². The molecule has 136 valence electrons. The number of fused-ring (bicyclic) bond motifs is 10. The molecule has 3 aromatic rings. The van der Waals surface area contributed by atoms with Crippen molar-refractivity contribution in [2.75, 3.05) is 0 Å². The SMILES string of the molecule is N#Cc1c2c(c3c4ccccc4ccn13)C(=O)C1(Cl)C3C=CC(C3)C1(Cl)C2=O. The number of benzene rings is 1. The number of rotatable bonds is 0. The molecule has 0 amide bonds. The number of hydrogen-bond acceptors (Lipinski definition) is 3. The third kappa shape index (κ3) is 1.47. The molecular formula is C22H12Cl2N2O2. The molecule has 0 saturated heterocycles. The minimum absolute atomic E-state index is 0.107. The Bertz CT molecular complexity index is 1350. The molecule has 0 radical (unpaired) electrons. The summed E-state index contributed by atoms with van der Waals surface area (Å²) in [5, 5.41) is 11.6. The molecule has 2 heterocycles. The standard InChI is InChI=1S/C22H12Cl2N2O2/c23-21-12-5-6-13(9-12)22(21,24)20(28)17-16(19(21)27)15(10-25)26-8-7-11-3-1-2-4-14(11)18(17)26/h1-8,12-13H,9H2. The number of pyridine rings is 1. The zero-order valence-electron chi connectivity index (χ0n) is 14.4. The summed E-state index contributed by atoms with van der Waals surface area (Å²) in [6.45, 7) is 0. The molecule has 4 unspecified atom stereocenters. The molecule has 0 aliphatic heterocycles. The van der Waals surface area contributed by atoms with Crippen LogP contribution in [0.5, 0.6) is 0 Å². The minimum Gasteiger partial charge on any atom is -0.306 e. The lowest BCUT2D eigenvalue weighted by molar-refractivity contribution is 0.0779. The first kappa shape index (κ1) is 16.4. The summed E-state index contributed by atoms with van der Waals surface area (Å²) in [6, 6.07) is 11.6. The topological polar surface area (TPSA) is 62.3 Å². The smallest absolute Gasteiger partial charge is 0.190 e. The summed E-state index contributed by atoms with van der Waals surface area (Å²) in [6.07, 6.45) is 6.07. The van der Waals surface area contributed by atoms with Gasteiger partial charge < -0.3 is 4.40 Å². The molecule has 6 rings (SSSR count). The van der Waals surface area contributed by atoms with Crippen LogP contribution in [0.2, 0.25) is 0 Å². The summed E-state index contributed by atoms with van der Waals surface area (Å²) in [4.78, 5) is 24.4. The molecule has 4 nitrogen and oxygen atoms in total. The molecule has 28 heavy (non-hydrogen) atoms. The average molecular weight is 407 g/mol. The quantitative estimate of drug-likeness (QED) is 0.407. The van der Waals surface area contributed by atoms with Gasteiger partial charge in [0.25, 0.3) is 0 Å². The Morgan fingerprint density at radius 3 is 2.32 bits per heavy atom. The van der Waals surface area contributed by atoms with E-state index >= 15 is 0 Å². The summed E-state index contributed by atoms with van der Waals surface area (Å²) >= 11 is 13.8. The molecule has 0 spiro atoms. The van der Waals surface area contributed by atoms with E-state index in [0.717, 1.165) is 10.8 Å². The van der Waals surface area contributed by atoms with Crippen molar-refractivity contribution in [3.05, 3.63) is 65.5 Å². The van der Waals surface area contributed by atoms with Crippen LogP contribution in [0, 0.1) is 23.2 Å². The third-order valence-corrected chi connectivity index (χ3v) is 8.28. The van der Waals surface area contributed by atoms with E-state index in [1.165, 1.54) is 0 Å². The van der Waals surface area contributed by atoms with Crippen molar-refractivity contribution in [3.63, 3.8) is 0 Å². The van der Waals surface area contributed by atoms with Gasteiger partial charge in [-0.3, -0.25) is 9.59 Å². The maximum atomic E-state index is 13.8. The number of halogens is 2. The molecule has 6 heteroatoms. The van der Waals surface area contributed by atoms with E-state index in [1.807, 2.05) is 42.5 Å². The summed E-state index contributed by atoms with van der Waals surface area (Å²) in [7, 11) is 0. The molecule has 1 aromatic carbocycles. The van der Waals surface area contributed by atoms with Crippen LogP contribution in [0.4, 0.5) is 0 Å². The lowest BCUT2D eigenvalue weighted by atomic mass is 9.68. The Morgan fingerprint density at radius 2 is 1.64 bits per heavy atom. The van der Waals surface area contributed by atoms with Crippen molar-refractivity contribution >= 4 is 51.1 Å². The zero-order chi connectivity index (χ0) is 19.4. The van der Waals surface area contributed by atoms with Gasteiger partial charge in [-0.1, -0.05) is 36.4 Å². The predicted octanol–water partition coefficient (Wildman–Crippen LogP) is 4.50. The summed E-state index contributed by atoms with van der Waals surface area (Å²) in [5.41, 5.74) is 1.02. The number of ketones is 2. The van der Waals surface area contributed by atoms with Gasteiger partial charge in [-0.25, -0.2) is 0 Å². The van der Waals surface area contributed by atoms with Gasteiger partial charge >= 0.3 is 0 Å². The Labute approximate surface area is 169 Å². The number of carbonyl (C=O) groups is 2. The van der Waals surface area contributed by atoms with Gasteiger partial charge in [0.2, 0.25) is 0 Å². The number of allylic oxidation sites excluding steroid dienone is 2. The first-order chi connectivity index (χ1) is 13.4. The second kappa shape index (κ2) is 4.86. The Morgan fingerprint density at radius 1 is 1.00 bits per heavy atom. The third-order valence-electron chi connectivity index (χ3n) is 6.68. The molecule has 4 atom stereocenters. The van der Waals surface area contributed by atoms with E-state index in [1.54, 1.807) is 10.6 Å². The van der Waals surface area contributed by atoms with Gasteiger partial charge in [0.1, 0.15) is 21.5 Å². The van der Waals surface area contributed by atoms with Crippen molar-refractivity contribution in [2.45, 2.75) is 16.2 Å². The first-order valence-electron chi connectivity index (χ1n) is 9.06. The van der Waals surface area contributed by atoms with Crippen LogP contribution in [0.3, 0.4) is 0 Å². The number of Topliss-reactive ketones (excluding diaryl/α,β-unsaturated/α-hetero) is 2. The van der Waals surface area contributed by atoms with Gasteiger partial charge in [0, 0.05) is 23.4 Å². The molecule has 1 fully saturated rings. The van der Waals surface area contributed by atoms with Gasteiger partial charge in [-0.2, -0.15) is 5.26 Å². The maximum Gasteiger partial charge on any atom is 0.190 e. The second-order valence-electron chi connectivity index (χ2n) is 7.75. The lowest BCUT2D eigenvalue weighted by Gasteiger charge is -2.43. The first-order valence-corrected chi connectivity index (χ1v) is 9.81. The molecule has 0 N–H and O–H groups in total. The van der Waals surface area contributed by atoms with E-state index in [0.29, 0.717) is 11.9 Å². The van der Waals surface area contributed by atoms with Crippen LogP contribution in [0.25, 0.3) is 16.3 Å². The zero-order valence-corrected chi connectivity index (χ0v) is 16.0. The summed E-state index contributed by atoms with van der Waals surface area (Å²) in [5.74, 6) is -1.38. The Hall–Kier alpha value is -2.61. The monoisotopic (exact) mass is 406 g/mol. The molecule has 2 aromatic heterocycles. The highest BCUT2D eigenvalue weighted by Crippen LogP contribution is 2.64. The largest absolute Gasteiger partial charge is 0.306 e. The highest BCUT2D eigenvalue weighted by Gasteiger charge is 2.74. The maximum absolute atomic E-state index is 13.8. The number of nitriles is 1. The van der Waals surface area contributed by atoms with Crippen molar-refractivity contribution < 1.29 is 9.59 Å². The lowest BCUT2D eigenvalue weighted by Crippen LogP contribution is -2.62. The van der Waals surface area contributed by atoms with Gasteiger partial charge in [0.05, 0.1) is 16.6 Å². The van der Waals surface area contributed by atoms with E-state index in [2.05, 4.69) is 6.07 Å². The van der Waals surface area contributed by atoms with Crippen molar-refractivity contribution in [1.29, 1.82) is 5.26 Å². The number of carbonyl (C=O) groups excluding carboxylic acids is 2. The Balaban J connectivity index is 1.83. The number of nitrogens with zero attached hydrogens (tertiary/aromatic N) is 2. The van der Waals surface area contributed by atoms with Crippen molar-refractivity contribution in [2.24, 2.45) is 11.8 Å². The van der Waals surface area contributed by atoms with Gasteiger partial charge in [-0.05, 0) is 17.9 Å². The van der Waals surface area contributed by atoms with E-state index < -0.39 is 15.5 Å². The predicted molar refractivity (Wildman–Crippen MR) is 106 cm³/mol. The highest BCUT2D eigenvalue weighted by molar-refractivity contribution is 6.56. The number of aromatic nitrogens is 1. The van der Waals surface area contributed by atoms with Crippen LogP contribution >= 0.6 is 23.2 Å². The van der Waals surface area contributed by atoms with Crippen LogP contribution in [0.1, 0.15) is 32.8 Å². The molecule has 3 aliphatic carbocycles. The normalized spacial score (nSPS) is 32.8. The van der Waals surface area contributed by atoms with E-state index in [4.69, 9.17) is 23.2 Å². The molecule has 1 saturated carbocycles. The van der Waals surface area contributed by atoms with Crippen LogP contribution < -0.4 is 0 Å². The van der Waals surface area contributed by atoms with Crippen molar-refractivity contribution in [3.8, 4) is 6.07 Å². The molecule has 3 aliphatic rings. The second-order valence-corrected chi connectivity index (χ2v) is 8.94. The fraction of sp³-hybridized carbons (Fsp3) is 0.227. The minimum atomic E-state index is -1.55. The highest BCUT2D eigenvalue weighted by atomic mass is 35.5. The van der Waals surface area contributed by atoms with E-state index in [-0.39, 0.29) is 34.4 Å². The molecule has 2 bridgehead atoms. The van der Waals surface area contributed by atoms with Gasteiger partial charge in [0.15, 0.2) is 11.6 Å². The van der Waals surface area contributed by atoms with Crippen LogP contribution in [-0.2, 0) is 0 Å². The Kier molecular flexibility index (Phi) is 2.84. The summed E-state index contributed by atoms with van der Waals surface area (Å²) < 4.78 is 1.62. The fourth-order valence-electron chi connectivity index (χ4n) is 5.43. The number of hydrogen-bond donors (Lipinski definition) is 0.